The number of carbonyl (C=O) groups is 1. The summed E-state index contributed by atoms with van der Waals surface area (Å²) in [6, 6.07) is 23.1. The van der Waals surface area contributed by atoms with E-state index in [1.165, 1.54) is 21.9 Å². The number of hydrogen-bond donors (Lipinski definition) is 1. The molecule has 0 spiro atoms. The third-order valence-electron chi connectivity index (χ3n) is 5.41. The fourth-order valence-electron chi connectivity index (χ4n) is 4.30. The molecule has 0 amide bonds. The van der Waals surface area contributed by atoms with Crippen LogP contribution in [-0.2, 0) is 4.79 Å². The Morgan fingerprint density at radius 2 is 1.64 bits per heavy atom. The molecule has 1 aliphatic heterocycles. The normalized spacial score (nSPS) is 19.4. The lowest BCUT2D eigenvalue weighted by Gasteiger charge is -2.35. The number of ketones is 1. The number of carbonyl (C=O) groups excluding carboxylic acids is 1. The number of Topliss-reactive ketones (excluding diaryl/α,β-unsaturated/α-hetero) is 1. The molecule has 2 nitrogen and oxygen atoms in total. The average Bonchev–Trinajstić information content (AvgIpc) is 2.68. The Hall–Kier alpha value is -2.87. The van der Waals surface area contributed by atoms with Gasteiger partial charge in [-0.2, -0.15) is 0 Å². The van der Waals surface area contributed by atoms with Gasteiger partial charge in [-0.1, -0.05) is 60.7 Å². The maximum Gasteiger partial charge on any atom is 0.161 e. The van der Waals surface area contributed by atoms with Gasteiger partial charge in [0.05, 0.1) is 6.04 Å². The zero-order valence-corrected chi connectivity index (χ0v) is 14.0. The van der Waals surface area contributed by atoms with Gasteiger partial charge in [-0.25, -0.2) is 0 Å². The molecule has 1 heterocycles. The number of nitrogens with one attached hydrogen (secondary N) is 1. The number of benzene rings is 3. The highest BCUT2D eigenvalue weighted by molar-refractivity contribution is 6.12. The van der Waals surface area contributed by atoms with Gasteiger partial charge in [-0.05, 0) is 40.8 Å². The van der Waals surface area contributed by atoms with E-state index in [0.29, 0.717) is 12.2 Å². The van der Waals surface area contributed by atoms with Gasteiger partial charge < -0.3 is 5.32 Å². The number of anilines is 1. The molecular formula is C23H19NO. The van der Waals surface area contributed by atoms with E-state index in [9.17, 15) is 4.79 Å². The summed E-state index contributed by atoms with van der Waals surface area (Å²) < 4.78 is 0. The first kappa shape index (κ1) is 14.5. The van der Waals surface area contributed by atoms with E-state index >= 15 is 0 Å². The molecule has 0 radical (unpaired) electrons. The largest absolute Gasteiger partial charge is 0.373 e. The Balaban J connectivity index is 1.81. The van der Waals surface area contributed by atoms with Crippen LogP contribution >= 0.6 is 0 Å². The summed E-state index contributed by atoms with van der Waals surface area (Å²) in [5.74, 6) is 0.293. The van der Waals surface area contributed by atoms with Crippen molar-refractivity contribution in [2.45, 2.75) is 25.3 Å². The third-order valence-corrected chi connectivity index (χ3v) is 5.41. The van der Waals surface area contributed by atoms with Crippen LogP contribution < -0.4 is 5.32 Å². The number of allylic oxidation sites excluding steroid dienone is 1. The molecule has 1 aliphatic carbocycles. The fourth-order valence-corrected chi connectivity index (χ4v) is 4.30. The topological polar surface area (TPSA) is 29.1 Å². The molecule has 0 fully saturated rings. The average molecular weight is 325 g/mol. The lowest BCUT2D eigenvalue weighted by Crippen LogP contribution is -2.27. The van der Waals surface area contributed by atoms with Crippen molar-refractivity contribution in [1.82, 2.24) is 0 Å². The fraction of sp³-hybridized carbons (Fsp3) is 0.174. The van der Waals surface area contributed by atoms with Crippen LogP contribution in [0.3, 0.4) is 0 Å². The number of rotatable bonds is 1. The minimum Gasteiger partial charge on any atom is -0.373 e. The number of fused-ring (bicyclic) bond motifs is 4. The maximum absolute atomic E-state index is 12.9. The Bertz CT molecular complexity index is 1020. The van der Waals surface area contributed by atoms with Crippen LogP contribution in [0.5, 0.6) is 0 Å². The van der Waals surface area contributed by atoms with Crippen molar-refractivity contribution in [3.05, 3.63) is 83.4 Å². The summed E-state index contributed by atoms with van der Waals surface area (Å²) in [6.07, 6.45) is 2.58. The SMILES string of the molecule is O=C1CCCC2=C1[C@@H](c1ccccc1)Nc1ccc3ccccc3c12. The first-order valence-electron chi connectivity index (χ1n) is 8.93. The highest BCUT2D eigenvalue weighted by Gasteiger charge is 2.34. The second-order valence-electron chi connectivity index (χ2n) is 6.87. The molecule has 3 aromatic carbocycles. The van der Waals surface area contributed by atoms with Crippen molar-refractivity contribution in [2.24, 2.45) is 0 Å². The summed E-state index contributed by atoms with van der Waals surface area (Å²) in [5.41, 5.74) is 5.75. The van der Waals surface area contributed by atoms with Crippen molar-refractivity contribution >= 4 is 27.8 Å². The molecular weight excluding hydrogens is 306 g/mol. The van der Waals surface area contributed by atoms with Crippen LogP contribution in [0.4, 0.5) is 5.69 Å². The van der Waals surface area contributed by atoms with Crippen LogP contribution in [0.1, 0.15) is 36.4 Å². The minimum atomic E-state index is -0.0438. The van der Waals surface area contributed by atoms with Gasteiger partial charge in [0.25, 0.3) is 0 Å². The smallest absolute Gasteiger partial charge is 0.161 e. The molecule has 0 saturated carbocycles. The Morgan fingerprint density at radius 1 is 0.840 bits per heavy atom. The van der Waals surface area contributed by atoms with Gasteiger partial charge >= 0.3 is 0 Å². The second kappa shape index (κ2) is 5.59. The zero-order chi connectivity index (χ0) is 16.8. The predicted molar refractivity (Wildman–Crippen MR) is 103 cm³/mol. The van der Waals surface area contributed by atoms with Crippen LogP contribution in [-0.4, -0.2) is 5.78 Å². The van der Waals surface area contributed by atoms with Crippen molar-refractivity contribution in [3.8, 4) is 0 Å². The molecule has 0 unspecified atom stereocenters. The quantitative estimate of drug-likeness (QED) is 0.639. The molecule has 1 atom stereocenters. The summed E-state index contributed by atoms with van der Waals surface area (Å²) in [4.78, 5) is 12.9. The van der Waals surface area contributed by atoms with E-state index in [1.54, 1.807) is 0 Å². The van der Waals surface area contributed by atoms with E-state index in [0.717, 1.165) is 29.7 Å². The Kier molecular flexibility index (Phi) is 3.24. The van der Waals surface area contributed by atoms with Crippen molar-refractivity contribution in [2.75, 3.05) is 5.32 Å². The number of hydrogen-bond acceptors (Lipinski definition) is 2. The van der Waals surface area contributed by atoms with E-state index in [-0.39, 0.29) is 6.04 Å². The lowest BCUT2D eigenvalue weighted by molar-refractivity contribution is -0.116. The van der Waals surface area contributed by atoms with E-state index < -0.39 is 0 Å². The van der Waals surface area contributed by atoms with E-state index in [1.807, 2.05) is 18.2 Å². The molecule has 0 aromatic heterocycles. The summed E-state index contributed by atoms with van der Waals surface area (Å²) >= 11 is 0. The van der Waals surface area contributed by atoms with Gasteiger partial charge in [0.15, 0.2) is 5.78 Å². The Morgan fingerprint density at radius 3 is 2.52 bits per heavy atom. The van der Waals surface area contributed by atoms with Gasteiger partial charge in [-0.15, -0.1) is 0 Å². The minimum absolute atomic E-state index is 0.0438. The van der Waals surface area contributed by atoms with Crippen LogP contribution in [0.2, 0.25) is 0 Å². The first-order valence-corrected chi connectivity index (χ1v) is 8.93. The molecule has 3 aromatic rings. The van der Waals surface area contributed by atoms with Crippen molar-refractivity contribution in [1.29, 1.82) is 0 Å². The standard InChI is InChI=1S/C23H19NO/c25-20-12-6-11-18-21-17-10-5-4-7-15(17)13-14-19(21)24-23(22(18)20)16-8-2-1-3-9-16/h1-5,7-10,13-14,23-24H,6,11-12H2/t23-/m1/s1. The summed E-state index contributed by atoms with van der Waals surface area (Å²) in [7, 11) is 0. The van der Waals surface area contributed by atoms with Crippen LogP contribution in [0, 0.1) is 0 Å². The van der Waals surface area contributed by atoms with Gasteiger partial charge in [-0.3, -0.25) is 4.79 Å². The molecule has 1 N–H and O–H groups in total. The maximum atomic E-state index is 12.9. The van der Waals surface area contributed by atoms with Gasteiger partial charge in [0, 0.05) is 23.2 Å². The predicted octanol–water partition coefficient (Wildman–Crippen LogP) is 5.51. The summed E-state index contributed by atoms with van der Waals surface area (Å²) in [6.45, 7) is 0. The Labute approximate surface area is 147 Å². The molecule has 5 rings (SSSR count). The second-order valence-corrected chi connectivity index (χ2v) is 6.87. The van der Waals surface area contributed by atoms with Gasteiger partial charge in [0.2, 0.25) is 0 Å². The summed E-state index contributed by atoms with van der Waals surface area (Å²) in [5, 5.41) is 6.12. The molecule has 2 aliphatic rings. The molecule has 122 valence electrons. The molecule has 0 bridgehead atoms. The van der Waals surface area contributed by atoms with Crippen LogP contribution in [0.15, 0.2) is 72.3 Å². The van der Waals surface area contributed by atoms with E-state index in [4.69, 9.17) is 0 Å². The van der Waals surface area contributed by atoms with Crippen LogP contribution in [0.25, 0.3) is 16.3 Å². The lowest BCUT2D eigenvalue weighted by atomic mass is 9.77. The highest BCUT2D eigenvalue weighted by atomic mass is 16.1. The monoisotopic (exact) mass is 325 g/mol. The molecule has 0 saturated heterocycles. The van der Waals surface area contributed by atoms with Crippen molar-refractivity contribution in [3.63, 3.8) is 0 Å². The highest BCUT2D eigenvalue weighted by Crippen LogP contribution is 2.47. The van der Waals surface area contributed by atoms with Gasteiger partial charge in [0.1, 0.15) is 0 Å². The third kappa shape index (κ3) is 2.21. The zero-order valence-electron chi connectivity index (χ0n) is 14.0. The molecule has 25 heavy (non-hydrogen) atoms. The van der Waals surface area contributed by atoms with Crippen molar-refractivity contribution < 1.29 is 4.79 Å². The first-order chi connectivity index (χ1) is 12.3. The van der Waals surface area contributed by atoms with E-state index in [2.05, 4.69) is 53.8 Å². The molecule has 2 heteroatoms.